The summed E-state index contributed by atoms with van der Waals surface area (Å²) in [6.45, 7) is 8.89. The van der Waals surface area contributed by atoms with Crippen molar-refractivity contribution in [1.82, 2.24) is 0 Å². The summed E-state index contributed by atoms with van der Waals surface area (Å²) in [5.41, 5.74) is 0.772. The molecule has 4 bridgehead atoms. The number of hydrogen-bond donors (Lipinski definition) is 1. The lowest BCUT2D eigenvalue weighted by molar-refractivity contribution is -0.904. The predicted molar refractivity (Wildman–Crippen MR) is 72.1 cm³/mol. The van der Waals surface area contributed by atoms with Crippen LogP contribution in [0.5, 0.6) is 0 Å². The molecule has 0 aromatic carbocycles. The molecule has 4 aliphatic rings. The van der Waals surface area contributed by atoms with Gasteiger partial charge in [0.2, 0.25) is 0 Å². The van der Waals surface area contributed by atoms with Crippen molar-refractivity contribution in [3.05, 3.63) is 0 Å². The molecule has 2 atom stereocenters. The second-order valence-electron chi connectivity index (χ2n) is 7.39. The first-order chi connectivity index (χ1) is 8.23. The highest BCUT2D eigenvalue weighted by atomic mass is 15.1. The van der Waals surface area contributed by atoms with Crippen molar-refractivity contribution >= 4 is 0 Å². The van der Waals surface area contributed by atoms with Gasteiger partial charge in [0.25, 0.3) is 0 Å². The van der Waals surface area contributed by atoms with Crippen LogP contribution in [0, 0.1) is 23.2 Å². The summed E-state index contributed by atoms with van der Waals surface area (Å²) >= 11 is 0. The Balaban J connectivity index is 1.77. The quantitative estimate of drug-likeness (QED) is 0.765. The van der Waals surface area contributed by atoms with Crippen LogP contribution in [0.1, 0.15) is 58.8 Å². The molecule has 0 heterocycles. The maximum Gasteiger partial charge on any atom is 0.0828 e. The van der Waals surface area contributed by atoms with E-state index in [2.05, 4.69) is 13.8 Å². The van der Waals surface area contributed by atoms with E-state index in [0.717, 1.165) is 23.2 Å². The van der Waals surface area contributed by atoms with E-state index in [1.54, 1.807) is 44.9 Å². The van der Waals surface area contributed by atoms with Gasteiger partial charge in [-0.05, 0) is 63.7 Å². The van der Waals surface area contributed by atoms with E-state index in [-0.39, 0.29) is 0 Å². The van der Waals surface area contributed by atoms with Crippen LogP contribution in [0.15, 0.2) is 0 Å². The van der Waals surface area contributed by atoms with Gasteiger partial charge in [0, 0.05) is 5.41 Å². The third-order valence-corrected chi connectivity index (χ3v) is 6.11. The van der Waals surface area contributed by atoms with E-state index in [1.807, 2.05) is 4.90 Å². The Kier molecular flexibility index (Phi) is 3.23. The molecule has 4 aliphatic carbocycles. The second-order valence-corrected chi connectivity index (χ2v) is 7.39. The molecule has 4 rings (SSSR count). The molecule has 1 nitrogen and oxygen atoms in total. The van der Waals surface area contributed by atoms with Crippen molar-refractivity contribution in [2.24, 2.45) is 23.2 Å². The largest absolute Gasteiger partial charge is 0.335 e. The molecule has 17 heavy (non-hydrogen) atoms. The maximum absolute atomic E-state index is 2.37. The van der Waals surface area contributed by atoms with Crippen LogP contribution in [0.2, 0.25) is 0 Å². The Morgan fingerprint density at radius 1 is 0.882 bits per heavy atom. The van der Waals surface area contributed by atoms with Gasteiger partial charge >= 0.3 is 0 Å². The first kappa shape index (κ1) is 12.0. The van der Waals surface area contributed by atoms with Crippen molar-refractivity contribution in [3.8, 4) is 0 Å². The molecule has 4 fully saturated rings. The van der Waals surface area contributed by atoms with Gasteiger partial charge < -0.3 is 4.90 Å². The molecule has 2 unspecified atom stereocenters. The molecular weight excluding hydrogens is 206 g/mol. The first-order valence-electron chi connectivity index (χ1n) is 8.06. The summed E-state index contributed by atoms with van der Waals surface area (Å²) in [7, 11) is 0. The molecule has 0 aromatic heterocycles. The van der Waals surface area contributed by atoms with Crippen LogP contribution >= 0.6 is 0 Å². The van der Waals surface area contributed by atoms with E-state index in [1.165, 1.54) is 19.6 Å². The standard InChI is InChI=1S/C16H29N/c1-3-17(4-2)12-16-9-13-5-6-14(10-16)8-15(7-13)11-16/h13-15H,3-12H2,1-2H3/p+1. The van der Waals surface area contributed by atoms with E-state index >= 15 is 0 Å². The average molecular weight is 236 g/mol. The zero-order chi connectivity index (χ0) is 11.9. The fraction of sp³-hybridized carbons (Fsp3) is 1.00. The fourth-order valence-electron chi connectivity index (χ4n) is 5.62. The van der Waals surface area contributed by atoms with E-state index in [9.17, 15) is 0 Å². The summed E-state index contributed by atoms with van der Waals surface area (Å²) < 4.78 is 0. The van der Waals surface area contributed by atoms with Gasteiger partial charge in [-0.15, -0.1) is 0 Å². The van der Waals surface area contributed by atoms with E-state index < -0.39 is 0 Å². The molecule has 1 N–H and O–H groups in total. The van der Waals surface area contributed by atoms with Gasteiger partial charge in [0.15, 0.2) is 0 Å². The summed E-state index contributed by atoms with van der Waals surface area (Å²) in [5.74, 6) is 3.33. The smallest absolute Gasteiger partial charge is 0.0828 e. The third-order valence-electron chi connectivity index (χ3n) is 6.11. The van der Waals surface area contributed by atoms with E-state index in [0.29, 0.717) is 0 Å². The number of rotatable bonds is 4. The van der Waals surface area contributed by atoms with Crippen LogP contribution in [-0.2, 0) is 0 Å². The molecule has 0 aliphatic heterocycles. The minimum atomic E-state index is 0.772. The van der Waals surface area contributed by atoms with Crippen LogP contribution in [0.25, 0.3) is 0 Å². The molecule has 0 aromatic rings. The highest BCUT2D eigenvalue weighted by Gasteiger charge is 2.49. The molecule has 4 saturated carbocycles. The summed E-state index contributed by atoms with van der Waals surface area (Å²) in [6.07, 6.45) is 11.1. The molecule has 1 heteroatoms. The van der Waals surface area contributed by atoms with E-state index in [4.69, 9.17) is 0 Å². The lowest BCUT2D eigenvalue weighted by atomic mass is 9.58. The topological polar surface area (TPSA) is 4.44 Å². The van der Waals surface area contributed by atoms with Crippen molar-refractivity contribution in [1.29, 1.82) is 0 Å². The Labute approximate surface area is 107 Å². The Morgan fingerprint density at radius 2 is 1.41 bits per heavy atom. The summed E-state index contributed by atoms with van der Waals surface area (Å²) in [6, 6.07) is 0. The third kappa shape index (κ3) is 2.28. The molecule has 98 valence electrons. The highest BCUT2D eigenvalue weighted by molar-refractivity contribution is 4.98. The van der Waals surface area contributed by atoms with Gasteiger partial charge in [-0.3, -0.25) is 0 Å². The zero-order valence-corrected chi connectivity index (χ0v) is 11.8. The number of quaternary nitrogens is 1. The van der Waals surface area contributed by atoms with Crippen LogP contribution in [0.3, 0.4) is 0 Å². The number of hydrogen-bond acceptors (Lipinski definition) is 0. The predicted octanol–water partition coefficient (Wildman–Crippen LogP) is 2.52. The van der Waals surface area contributed by atoms with Gasteiger partial charge in [0.05, 0.1) is 19.6 Å². The van der Waals surface area contributed by atoms with Gasteiger partial charge in [0.1, 0.15) is 0 Å². The SMILES string of the molecule is CC[NH+](CC)CC12CC3CCC(CC(C3)C1)C2. The van der Waals surface area contributed by atoms with Crippen molar-refractivity contribution in [3.63, 3.8) is 0 Å². The van der Waals surface area contributed by atoms with Crippen molar-refractivity contribution in [2.75, 3.05) is 19.6 Å². The molecule has 0 saturated heterocycles. The zero-order valence-electron chi connectivity index (χ0n) is 11.8. The minimum absolute atomic E-state index is 0.772. The molecule has 0 spiro atoms. The van der Waals surface area contributed by atoms with Gasteiger partial charge in [-0.25, -0.2) is 0 Å². The Hall–Kier alpha value is -0.0400. The van der Waals surface area contributed by atoms with Gasteiger partial charge in [-0.1, -0.05) is 12.8 Å². The Morgan fingerprint density at radius 3 is 1.94 bits per heavy atom. The van der Waals surface area contributed by atoms with Crippen molar-refractivity contribution in [2.45, 2.75) is 58.8 Å². The fourth-order valence-corrected chi connectivity index (χ4v) is 5.62. The number of fused-ring (bicyclic) bond motifs is 1. The first-order valence-corrected chi connectivity index (χ1v) is 8.06. The minimum Gasteiger partial charge on any atom is -0.335 e. The number of nitrogens with one attached hydrogen (secondary N) is 1. The average Bonchev–Trinajstić information content (AvgIpc) is 2.52. The lowest BCUT2D eigenvalue weighted by Gasteiger charge is -2.48. The van der Waals surface area contributed by atoms with Crippen molar-refractivity contribution < 1.29 is 4.90 Å². The highest BCUT2D eigenvalue weighted by Crippen LogP contribution is 2.57. The molecule has 0 amide bonds. The maximum atomic E-state index is 2.37. The Bertz CT molecular complexity index is 253. The normalized spacial score (nSPS) is 44.3. The lowest BCUT2D eigenvalue weighted by Crippen LogP contribution is -3.12. The monoisotopic (exact) mass is 236 g/mol. The van der Waals surface area contributed by atoms with Crippen LogP contribution in [0.4, 0.5) is 0 Å². The second kappa shape index (κ2) is 4.57. The molecule has 0 radical (unpaired) electrons. The van der Waals surface area contributed by atoms with Crippen LogP contribution in [-0.4, -0.2) is 19.6 Å². The van der Waals surface area contributed by atoms with Gasteiger partial charge in [-0.2, -0.15) is 0 Å². The van der Waals surface area contributed by atoms with Crippen LogP contribution < -0.4 is 4.90 Å². The molecular formula is C16H30N+. The summed E-state index contributed by atoms with van der Waals surface area (Å²) in [5, 5.41) is 0. The summed E-state index contributed by atoms with van der Waals surface area (Å²) in [4.78, 5) is 1.85.